The Balaban J connectivity index is 1.08. The van der Waals surface area contributed by atoms with E-state index in [9.17, 15) is 13.2 Å². The number of nitrogens with zero attached hydrogens (tertiary/aromatic N) is 3. The van der Waals surface area contributed by atoms with Crippen LogP contribution in [0.2, 0.25) is 5.02 Å². The lowest BCUT2D eigenvalue weighted by atomic mass is 10.2. The normalized spacial score (nSPS) is 14.5. The average Bonchev–Trinajstić information content (AvgIpc) is 3.39. The Labute approximate surface area is 237 Å². The first-order valence-corrected chi connectivity index (χ1v) is 15.4. The summed E-state index contributed by atoms with van der Waals surface area (Å²) in [7, 11) is -3.69. The van der Waals surface area contributed by atoms with Gasteiger partial charge in [0, 0.05) is 50.5 Å². The molecule has 0 unspecified atom stereocenters. The number of aryl methyl sites for hydroxylation is 2. The number of carbonyl (C=O) groups excluding carboxylic acids is 1. The molecule has 39 heavy (non-hydrogen) atoms. The van der Waals surface area contributed by atoms with Crippen LogP contribution in [0.5, 0.6) is 0 Å². The molecule has 0 atom stereocenters. The monoisotopic (exact) mass is 583 g/mol. The molecule has 8 nitrogen and oxygen atoms in total. The minimum absolute atomic E-state index is 0.190. The maximum Gasteiger partial charge on any atom is 0.261 e. The highest BCUT2D eigenvalue weighted by molar-refractivity contribution is 7.92. The van der Waals surface area contributed by atoms with E-state index < -0.39 is 10.0 Å². The Bertz CT molecular complexity index is 1540. The van der Waals surface area contributed by atoms with Gasteiger partial charge in [0.05, 0.1) is 20.1 Å². The lowest BCUT2D eigenvalue weighted by molar-refractivity contribution is 0.0948. The van der Waals surface area contributed by atoms with Gasteiger partial charge in [-0.15, -0.1) is 0 Å². The molecule has 1 fully saturated rings. The first kappa shape index (κ1) is 27.4. The van der Waals surface area contributed by atoms with E-state index in [1.165, 1.54) is 0 Å². The van der Waals surface area contributed by atoms with E-state index in [2.05, 4.69) is 26.8 Å². The molecule has 2 N–H and O–H groups in total. The molecular weight excluding hydrogens is 554 g/mol. The van der Waals surface area contributed by atoms with Crippen LogP contribution >= 0.6 is 22.9 Å². The second kappa shape index (κ2) is 11.5. The van der Waals surface area contributed by atoms with Gasteiger partial charge in [-0.2, -0.15) is 0 Å². The highest BCUT2D eigenvalue weighted by Gasteiger charge is 2.21. The molecule has 5 rings (SSSR count). The van der Waals surface area contributed by atoms with E-state index in [1.54, 1.807) is 59.9 Å². The zero-order chi connectivity index (χ0) is 27.6. The standard InChI is InChI=1S/C28H30ClN5O3S2/c1-19-3-10-23(11-4-19)39(36,37)32-22-8-6-21(7-9-22)27(35)30-13-14-33-15-17-34(18-16-33)28-31-25-20(2)5-12-24(29)26(25)38-28/h3-12,32H,13-18H2,1-2H3,(H,30,35). The van der Waals surface area contributed by atoms with Crippen LogP contribution in [0.25, 0.3) is 10.2 Å². The van der Waals surface area contributed by atoms with E-state index in [1.807, 2.05) is 19.1 Å². The van der Waals surface area contributed by atoms with Crippen molar-refractivity contribution in [3.63, 3.8) is 0 Å². The second-order valence-corrected chi connectivity index (χ2v) is 12.7. The second-order valence-electron chi connectivity index (χ2n) is 9.62. The molecule has 3 aromatic carbocycles. The van der Waals surface area contributed by atoms with Crippen molar-refractivity contribution in [2.75, 3.05) is 48.9 Å². The van der Waals surface area contributed by atoms with Crippen LogP contribution in [0.1, 0.15) is 21.5 Å². The number of hydrogen-bond acceptors (Lipinski definition) is 7. The molecule has 0 saturated carbocycles. The third kappa shape index (κ3) is 6.36. The third-order valence-corrected chi connectivity index (χ3v) is 9.75. The van der Waals surface area contributed by atoms with Crippen molar-refractivity contribution in [1.29, 1.82) is 0 Å². The SMILES string of the molecule is Cc1ccc(S(=O)(=O)Nc2ccc(C(=O)NCCN3CCN(c4nc5c(C)ccc(Cl)c5s4)CC3)cc2)cc1. The maximum atomic E-state index is 12.6. The number of benzene rings is 3. The number of sulfonamides is 1. The Morgan fingerprint density at radius 1 is 0.974 bits per heavy atom. The van der Waals surface area contributed by atoms with Crippen LogP contribution in [0.15, 0.2) is 65.6 Å². The van der Waals surface area contributed by atoms with Crippen LogP contribution in [-0.2, 0) is 10.0 Å². The molecule has 0 radical (unpaired) electrons. The Morgan fingerprint density at radius 2 is 1.67 bits per heavy atom. The van der Waals surface area contributed by atoms with Crippen molar-refractivity contribution < 1.29 is 13.2 Å². The molecule has 2 heterocycles. The number of fused-ring (bicyclic) bond motifs is 1. The maximum absolute atomic E-state index is 12.6. The number of halogens is 1. The van der Waals surface area contributed by atoms with E-state index in [-0.39, 0.29) is 10.8 Å². The fourth-order valence-electron chi connectivity index (χ4n) is 4.44. The fraction of sp³-hybridized carbons (Fsp3) is 0.286. The minimum Gasteiger partial charge on any atom is -0.351 e. The summed E-state index contributed by atoms with van der Waals surface area (Å²) in [5.41, 5.74) is 3.96. The van der Waals surface area contributed by atoms with Gasteiger partial charge in [-0.1, -0.05) is 46.7 Å². The van der Waals surface area contributed by atoms with Gasteiger partial charge in [-0.05, 0) is 61.9 Å². The van der Waals surface area contributed by atoms with Gasteiger partial charge < -0.3 is 10.2 Å². The molecule has 1 saturated heterocycles. The summed E-state index contributed by atoms with van der Waals surface area (Å²) in [5, 5.41) is 4.70. The summed E-state index contributed by atoms with van der Waals surface area (Å²) in [6.07, 6.45) is 0. The van der Waals surface area contributed by atoms with Crippen LogP contribution in [0.4, 0.5) is 10.8 Å². The lowest BCUT2D eigenvalue weighted by Gasteiger charge is -2.34. The van der Waals surface area contributed by atoms with Crippen LogP contribution < -0.4 is 14.9 Å². The van der Waals surface area contributed by atoms with Crippen LogP contribution in [-0.4, -0.2) is 63.5 Å². The highest BCUT2D eigenvalue weighted by atomic mass is 35.5. The predicted molar refractivity (Wildman–Crippen MR) is 159 cm³/mol. The van der Waals surface area contributed by atoms with E-state index in [0.717, 1.165) is 64.2 Å². The lowest BCUT2D eigenvalue weighted by Crippen LogP contribution is -2.48. The molecule has 204 valence electrons. The quantitative estimate of drug-likeness (QED) is 0.306. The summed E-state index contributed by atoms with van der Waals surface area (Å²) in [5.74, 6) is -0.191. The Kier molecular flexibility index (Phi) is 8.08. The Hall–Kier alpha value is -3.18. The number of amides is 1. The van der Waals surface area contributed by atoms with Crippen molar-refractivity contribution in [1.82, 2.24) is 15.2 Å². The number of nitrogens with one attached hydrogen (secondary N) is 2. The highest BCUT2D eigenvalue weighted by Crippen LogP contribution is 2.35. The van der Waals surface area contributed by atoms with Crippen LogP contribution in [0, 0.1) is 13.8 Å². The molecule has 1 aromatic heterocycles. The van der Waals surface area contributed by atoms with Crippen molar-refractivity contribution in [3.8, 4) is 0 Å². The largest absolute Gasteiger partial charge is 0.351 e. The smallest absolute Gasteiger partial charge is 0.261 e. The first-order chi connectivity index (χ1) is 18.7. The third-order valence-electron chi connectivity index (χ3n) is 6.77. The summed E-state index contributed by atoms with van der Waals surface area (Å²) < 4.78 is 28.8. The summed E-state index contributed by atoms with van der Waals surface area (Å²) in [6, 6.07) is 17.0. The number of hydrogen-bond donors (Lipinski definition) is 2. The van der Waals surface area contributed by atoms with Gasteiger partial charge in [0.25, 0.3) is 15.9 Å². The van der Waals surface area contributed by atoms with E-state index in [0.29, 0.717) is 17.8 Å². The molecule has 0 bridgehead atoms. The van der Waals surface area contributed by atoms with Gasteiger partial charge >= 0.3 is 0 Å². The summed E-state index contributed by atoms with van der Waals surface area (Å²) in [4.78, 5) is 22.3. The number of rotatable bonds is 8. The zero-order valence-corrected chi connectivity index (χ0v) is 24.2. The molecule has 1 aliphatic rings. The molecule has 1 amide bonds. The van der Waals surface area contributed by atoms with Gasteiger partial charge in [0.2, 0.25) is 0 Å². The number of anilines is 2. The van der Waals surface area contributed by atoms with Crippen LogP contribution in [0.3, 0.4) is 0 Å². The number of thiazole rings is 1. The minimum atomic E-state index is -3.69. The fourth-order valence-corrected chi connectivity index (χ4v) is 6.87. The van der Waals surface area contributed by atoms with Crippen molar-refractivity contribution in [2.45, 2.75) is 18.7 Å². The molecule has 0 spiro atoms. The Morgan fingerprint density at radius 3 is 2.33 bits per heavy atom. The molecule has 1 aliphatic heterocycles. The van der Waals surface area contributed by atoms with Crippen molar-refractivity contribution in [3.05, 3.63) is 82.4 Å². The van der Waals surface area contributed by atoms with Gasteiger partial charge in [-0.3, -0.25) is 14.4 Å². The van der Waals surface area contributed by atoms with Gasteiger partial charge in [0.1, 0.15) is 0 Å². The zero-order valence-electron chi connectivity index (χ0n) is 21.8. The van der Waals surface area contributed by atoms with Gasteiger partial charge in [-0.25, -0.2) is 13.4 Å². The summed E-state index contributed by atoms with van der Waals surface area (Å²) in [6.45, 7) is 8.72. The predicted octanol–water partition coefficient (Wildman–Crippen LogP) is 4.92. The van der Waals surface area contributed by atoms with Crippen molar-refractivity contribution in [2.24, 2.45) is 0 Å². The molecule has 0 aliphatic carbocycles. The van der Waals surface area contributed by atoms with E-state index in [4.69, 9.17) is 16.6 Å². The molecule has 11 heteroatoms. The topological polar surface area (TPSA) is 94.6 Å². The number of aromatic nitrogens is 1. The number of piperazine rings is 1. The average molecular weight is 584 g/mol. The number of carbonyl (C=O) groups is 1. The first-order valence-electron chi connectivity index (χ1n) is 12.7. The molecular formula is C28H30ClN5O3S2. The molecule has 4 aromatic rings. The summed E-state index contributed by atoms with van der Waals surface area (Å²) >= 11 is 8.01. The van der Waals surface area contributed by atoms with Gasteiger partial charge in [0.15, 0.2) is 5.13 Å². The van der Waals surface area contributed by atoms with Crippen molar-refractivity contribution >= 4 is 59.9 Å². The van der Waals surface area contributed by atoms with E-state index >= 15 is 0 Å².